The Kier molecular flexibility index (Phi) is 4.43. The summed E-state index contributed by atoms with van der Waals surface area (Å²) in [6, 6.07) is 7.52. The van der Waals surface area contributed by atoms with Crippen molar-refractivity contribution in [3.8, 4) is 11.5 Å². The summed E-state index contributed by atoms with van der Waals surface area (Å²) in [5, 5.41) is 0. The SMILES string of the molecule is COc1ccccc1OC(C)OC(C)C. The van der Waals surface area contributed by atoms with Gasteiger partial charge in [0.25, 0.3) is 0 Å². The molecule has 1 rings (SSSR count). The Bertz CT molecular complexity index is 297. The fourth-order valence-corrected chi connectivity index (χ4v) is 1.31. The first-order chi connectivity index (χ1) is 7.13. The second-order valence-corrected chi connectivity index (χ2v) is 3.52. The number of benzene rings is 1. The first-order valence-corrected chi connectivity index (χ1v) is 5.08. The molecule has 0 fully saturated rings. The molecule has 1 aromatic rings. The fraction of sp³-hybridized carbons (Fsp3) is 0.500. The monoisotopic (exact) mass is 210 g/mol. The zero-order chi connectivity index (χ0) is 11.3. The summed E-state index contributed by atoms with van der Waals surface area (Å²) in [6.07, 6.45) is -0.129. The van der Waals surface area contributed by atoms with Crippen molar-refractivity contribution in [3.05, 3.63) is 24.3 Å². The van der Waals surface area contributed by atoms with Crippen LogP contribution in [-0.2, 0) is 4.74 Å². The van der Waals surface area contributed by atoms with E-state index in [2.05, 4.69) is 0 Å². The first-order valence-electron chi connectivity index (χ1n) is 5.08. The summed E-state index contributed by atoms with van der Waals surface area (Å²) >= 11 is 0. The van der Waals surface area contributed by atoms with Crippen LogP contribution in [-0.4, -0.2) is 19.5 Å². The summed E-state index contributed by atoms with van der Waals surface area (Å²) < 4.78 is 16.2. The molecule has 0 amide bonds. The number of methoxy groups -OCH3 is 1. The van der Waals surface area contributed by atoms with E-state index in [1.54, 1.807) is 7.11 Å². The van der Waals surface area contributed by atoms with Gasteiger partial charge in [-0.05, 0) is 32.9 Å². The van der Waals surface area contributed by atoms with Crippen molar-refractivity contribution in [1.29, 1.82) is 0 Å². The van der Waals surface area contributed by atoms with Crippen LogP contribution < -0.4 is 9.47 Å². The number of rotatable bonds is 5. The zero-order valence-corrected chi connectivity index (χ0v) is 9.69. The van der Waals surface area contributed by atoms with Gasteiger partial charge in [0.1, 0.15) is 0 Å². The Morgan fingerprint density at radius 1 is 1.00 bits per heavy atom. The van der Waals surface area contributed by atoms with Crippen LogP contribution >= 0.6 is 0 Å². The van der Waals surface area contributed by atoms with E-state index in [0.717, 1.165) is 5.75 Å². The predicted octanol–water partition coefficient (Wildman–Crippen LogP) is 2.85. The van der Waals surface area contributed by atoms with Crippen molar-refractivity contribution < 1.29 is 14.2 Å². The maximum absolute atomic E-state index is 5.60. The third-order valence-corrected chi connectivity index (χ3v) is 1.83. The van der Waals surface area contributed by atoms with Crippen molar-refractivity contribution in [1.82, 2.24) is 0 Å². The Morgan fingerprint density at radius 2 is 1.60 bits per heavy atom. The van der Waals surface area contributed by atoms with Gasteiger partial charge in [-0.2, -0.15) is 0 Å². The van der Waals surface area contributed by atoms with Gasteiger partial charge in [0, 0.05) is 0 Å². The van der Waals surface area contributed by atoms with Gasteiger partial charge >= 0.3 is 0 Å². The average molecular weight is 210 g/mol. The second-order valence-electron chi connectivity index (χ2n) is 3.52. The smallest absolute Gasteiger partial charge is 0.197 e. The lowest BCUT2D eigenvalue weighted by Crippen LogP contribution is -2.20. The molecule has 0 aliphatic carbocycles. The van der Waals surface area contributed by atoms with Gasteiger partial charge in [-0.1, -0.05) is 12.1 Å². The molecule has 0 aliphatic rings. The summed E-state index contributed by atoms with van der Waals surface area (Å²) in [4.78, 5) is 0. The molecule has 3 nitrogen and oxygen atoms in total. The highest BCUT2D eigenvalue weighted by Gasteiger charge is 2.09. The molecule has 0 radical (unpaired) electrons. The summed E-state index contributed by atoms with van der Waals surface area (Å²) in [5.41, 5.74) is 0. The molecule has 0 aliphatic heterocycles. The Hall–Kier alpha value is -1.22. The molecular formula is C12H18O3. The van der Waals surface area contributed by atoms with Gasteiger partial charge in [-0.15, -0.1) is 0 Å². The lowest BCUT2D eigenvalue weighted by Gasteiger charge is -2.19. The number of hydrogen-bond acceptors (Lipinski definition) is 3. The molecule has 3 heteroatoms. The highest BCUT2D eigenvalue weighted by molar-refractivity contribution is 5.39. The molecule has 15 heavy (non-hydrogen) atoms. The first kappa shape index (κ1) is 11.9. The quantitative estimate of drug-likeness (QED) is 0.699. The summed E-state index contributed by atoms with van der Waals surface area (Å²) in [6.45, 7) is 5.82. The standard InChI is InChI=1S/C12H18O3/c1-9(2)14-10(3)15-12-8-6-5-7-11(12)13-4/h5-10H,1-4H3. The van der Waals surface area contributed by atoms with E-state index in [4.69, 9.17) is 14.2 Å². The van der Waals surface area contributed by atoms with E-state index in [9.17, 15) is 0 Å². The molecule has 0 saturated carbocycles. The van der Waals surface area contributed by atoms with Crippen LogP contribution in [0.4, 0.5) is 0 Å². The molecule has 1 atom stereocenters. The molecule has 1 aromatic carbocycles. The van der Waals surface area contributed by atoms with Crippen LogP contribution in [0, 0.1) is 0 Å². The van der Waals surface area contributed by atoms with Gasteiger partial charge in [0.2, 0.25) is 0 Å². The summed E-state index contributed by atoms with van der Waals surface area (Å²) in [7, 11) is 1.62. The van der Waals surface area contributed by atoms with E-state index in [-0.39, 0.29) is 12.4 Å². The van der Waals surface area contributed by atoms with Gasteiger partial charge in [-0.3, -0.25) is 0 Å². The molecule has 84 valence electrons. The molecule has 0 heterocycles. The topological polar surface area (TPSA) is 27.7 Å². The molecule has 1 unspecified atom stereocenters. The van der Waals surface area contributed by atoms with Gasteiger partial charge in [-0.25, -0.2) is 0 Å². The molecule has 0 spiro atoms. The van der Waals surface area contributed by atoms with Crippen molar-refractivity contribution in [3.63, 3.8) is 0 Å². The van der Waals surface area contributed by atoms with E-state index < -0.39 is 0 Å². The molecule has 0 bridgehead atoms. The van der Waals surface area contributed by atoms with E-state index in [0.29, 0.717) is 5.75 Å². The normalized spacial score (nSPS) is 12.6. The van der Waals surface area contributed by atoms with Gasteiger partial charge in [0.15, 0.2) is 17.8 Å². The minimum atomic E-state index is -0.277. The van der Waals surface area contributed by atoms with Crippen LogP contribution in [0.25, 0.3) is 0 Å². The summed E-state index contributed by atoms with van der Waals surface area (Å²) in [5.74, 6) is 1.42. The van der Waals surface area contributed by atoms with Gasteiger partial charge in [0.05, 0.1) is 13.2 Å². The van der Waals surface area contributed by atoms with Crippen LogP contribution in [0.15, 0.2) is 24.3 Å². The highest BCUT2D eigenvalue weighted by Crippen LogP contribution is 2.26. The Labute approximate surface area is 91.0 Å². The third-order valence-electron chi connectivity index (χ3n) is 1.83. The van der Waals surface area contributed by atoms with Crippen molar-refractivity contribution in [2.45, 2.75) is 33.2 Å². The number of ether oxygens (including phenoxy) is 3. The molecule has 0 aromatic heterocycles. The van der Waals surface area contributed by atoms with Crippen LogP contribution in [0.5, 0.6) is 11.5 Å². The predicted molar refractivity (Wildman–Crippen MR) is 59.3 cm³/mol. The largest absolute Gasteiger partial charge is 0.493 e. The van der Waals surface area contributed by atoms with Crippen LogP contribution in [0.3, 0.4) is 0 Å². The van der Waals surface area contributed by atoms with Crippen molar-refractivity contribution >= 4 is 0 Å². The lowest BCUT2D eigenvalue weighted by molar-refractivity contribution is -0.0958. The van der Waals surface area contributed by atoms with Crippen LogP contribution in [0.2, 0.25) is 0 Å². The van der Waals surface area contributed by atoms with Crippen molar-refractivity contribution in [2.24, 2.45) is 0 Å². The highest BCUT2D eigenvalue weighted by atomic mass is 16.7. The Morgan fingerprint density at radius 3 is 2.13 bits per heavy atom. The number of hydrogen-bond donors (Lipinski definition) is 0. The molecular weight excluding hydrogens is 192 g/mol. The van der Waals surface area contributed by atoms with Crippen LogP contribution in [0.1, 0.15) is 20.8 Å². The molecule has 0 saturated heterocycles. The average Bonchev–Trinajstić information content (AvgIpc) is 2.17. The number of para-hydroxylation sites is 2. The minimum Gasteiger partial charge on any atom is -0.493 e. The van der Waals surface area contributed by atoms with Gasteiger partial charge < -0.3 is 14.2 Å². The van der Waals surface area contributed by atoms with E-state index in [1.165, 1.54) is 0 Å². The van der Waals surface area contributed by atoms with E-state index in [1.807, 2.05) is 45.0 Å². The van der Waals surface area contributed by atoms with Crippen molar-refractivity contribution in [2.75, 3.05) is 7.11 Å². The maximum Gasteiger partial charge on any atom is 0.197 e. The fourth-order valence-electron chi connectivity index (χ4n) is 1.31. The maximum atomic E-state index is 5.60. The minimum absolute atomic E-state index is 0.148. The third kappa shape index (κ3) is 3.80. The lowest BCUT2D eigenvalue weighted by atomic mass is 10.3. The van der Waals surface area contributed by atoms with E-state index >= 15 is 0 Å². The Balaban J connectivity index is 2.63. The zero-order valence-electron chi connectivity index (χ0n) is 9.69. The molecule has 0 N–H and O–H groups in total. The second kappa shape index (κ2) is 5.61.